The monoisotopic (exact) mass is 254 g/mol. The summed E-state index contributed by atoms with van der Waals surface area (Å²) in [6.45, 7) is 4.96. The normalized spacial score (nSPS) is 19.1. The molecule has 0 aromatic heterocycles. The number of halogens is 2. The van der Waals surface area contributed by atoms with Crippen LogP contribution in [-0.2, 0) is 11.3 Å². The molecule has 1 fully saturated rings. The van der Waals surface area contributed by atoms with Gasteiger partial charge >= 0.3 is 0 Å². The molecular weight excluding hydrogens is 238 g/mol. The second-order valence-corrected chi connectivity index (χ2v) is 5.01. The van der Waals surface area contributed by atoms with Gasteiger partial charge in [0.25, 0.3) is 0 Å². The Morgan fingerprint density at radius 1 is 1.39 bits per heavy atom. The first-order valence-electron chi connectivity index (χ1n) is 5.88. The largest absolute Gasteiger partial charge is 0.335 e. The first-order chi connectivity index (χ1) is 8.40. The van der Waals surface area contributed by atoms with Crippen molar-refractivity contribution in [1.29, 1.82) is 0 Å². The molecule has 1 aliphatic rings. The van der Waals surface area contributed by atoms with Crippen LogP contribution in [0.15, 0.2) is 18.2 Å². The second kappa shape index (κ2) is 4.65. The number of hydrogen-bond donors (Lipinski definition) is 1. The zero-order chi connectivity index (χ0) is 13.3. The number of rotatable bonds is 2. The van der Waals surface area contributed by atoms with E-state index in [1.54, 1.807) is 18.7 Å². The number of benzene rings is 1. The van der Waals surface area contributed by atoms with Crippen molar-refractivity contribution in [1.82, 2.24) is 10.2 Å². The number of nitrogens with zero attached hydrogens (tertiary/aromatic N) is 1. The van der Waals surface area contributed by atoms with Crippen molar-refractivity contribution in [2.24, 2.45) is 0 Å². The number of nitrogens with one attached hydrogen (secondary N) is 1. The van der Waals surface area contributed by atoms with Gasteiger partial charge in [-0.3, -0.25) is 4.79 Å². The molecule has 1 aromatic rings. The van der Waals surface area contributed by atoms with Crippen molar-refractivity contribution in [2.75, 3.05) is 13.1 Å². The average molecular weight is 254 g/mol. The Hall–Kier alpha value is -1.49. The quantitative estimate of drug-likeness (QED) is 0.870. The molecule has 1 saturated heterocycles. The molecule has 0 saturated carbocycles. The van der Waals surface area contributed by atoms with Gasteiger partial charge in [-0.15, -0.1) is 0 Å². The van der Waals surface area contributed by atoms with Crippen LogP contribution in [0.2, 0.25) is 0 Å². The number of piperazine rings is 1. The van der Waals surface area contributed by atoms with E-state index in [0.29, 0.717) is 18.7 Å². The summed E-state index contributed by atoms with van der Waals surface area (Å²) >= 11 is 0. The molecule has 1 N–H and O–H groups in total. The number of amides is 1. The molecule has 18 heavy (non-hydrogen) atoms. The molecule has 3 nitrogen and oxygen atoms in total. The van der Waals surface area contributed by atoms with E-state index in [2.05, 4.69) is 5.32 Å². The van der Waals surface area contributed by atoms with Crippen LogP contribution in [0.25, 0.3) is 0 Å². The van der Waals surface area contributed by atoms with E-state index in [-0.39, 0.29) is 12.5 Å². The maximum absolute atomic E-state index is 13.5. The molecular formula is C13H16F2N2O. The second-order valence-electron chi connectivity index (χ2n) is 5.01. The Labute approximate surface area is 105 Å². The Balaban J connectivity index is 2.16. The van der Waals surface area contributed by atoms with Gasteiger partial charge in [0.15, 0.2) is 0 Å². The summed E-state index contributed by atoms with van der Waals surface area (Å²) in [5.74, 6) is -1.29. The van der Waals surface area contributed by atoms with E-state index >= 15 is 0 Å². The molecule has 0 bridgehead atoms. The summed E-state index contributed by atoms with van der Waals surface area (Å²) in [6, 6.07) is 3.43. The minimum atomic E-state index is -0.630. The highest BCUT2D eigenvalue weighted by atomic mass is 19.1. The molecule has 1 heterocycles. The fourth-order valence-corrected chi connectivity index (χ4v) is 2.08. The van der Waals surface area contributed by atoms with Crippen LogP contribution in [-0.4, -0.2) is 29.4 Å². The van der Waals surface area contributed by atoms with Crippen molar-refractivity contribution in [3.8, 4) is 0 Å². The van der Waals surface area contributed by atoms with Gasteiger partial charge in [0.05, 0.1) is 5.54 Å². The van der Waals surface area contributed by atoms with Crippen molar-refractivity contribution >= 4 is 5.91 Å². The number of carbonyl (C=O) groups is 1. The first kappa shape index (κ1) is 13.0. The molecule has 1 amide bonds. The lowest BCUT2D eigenvalue weighted by Crippen LogP contribution is -2.60. The molecule has 0 aliphatic carbocycles. The minimum absolute atomic E-state index is 0.0718. The number of carbonyl (C=O) groups excluding carboxylic acids is 1. The lowest BCUT2D eigenvalue weighted by atomic mass is 10.0. The first-order valence-corrected chi connectivity index (χ1v) is 5.88. The van der Waals surface area contributed by atoms with Crippen LogP contribution in [0.3, 0.4) is 0 Å². The molecule has 0 spiro atoms. The summed E-state index contributed by atoms with van der Waals surface area (Å²) in [7, 11) is 0. The lowest BCUT2D eigenvalue weighted by Gasteiger charge is -2.38. The van der Waals surface area contributed by atoms with Crippen LogP contribution in [0.4, 0.5) is 8.78 Å². The molecule has 0 unspecified atom stereocenters. The van der Waals surface area contributed by atoms with Gasteiger partial charge < -0.3 is 10.2 Å². The van der Waals surface area contributed by atoms with E-state index in [0.717, 1.165) is 6.07 Å². The van der Waals surface area contributed by atoms with Gasteiger partial charge in [-0.1, -0.05) is 6.07 Å². The van der Waals surface area contributed by atoms with Crippen LogP contribution in [0.1, 0.15) is 19.4 Å². The van der Waals surface area contributed by atoms with Crippen molar-refractivity contribution < 1.29 is 13.6 Å². The van der Waals surface area contributed by atoms with E-state index in [4.69, 9.17) is 0 Å². The third kappa shape index (κ3) is 2.51. The molecule has 2 rings (SSSR count). The Morgan fingerprint density at radius 2 is 2.11 bits per heavy atom. The standard InChI is InChI=1S/C13H16F2N2O/c1-13(2)12(18)17(6-5-16-13)8-9-3-4-10(14)7-11(9)15/h3-4,7,16H,5-6,8H2,1-2H3. The maximum atomic E-state index is 13.5. The third-order valence-corrected chi connectivity index (χ3v) is 3.15. The van der Waals surface area contributed by atoms with Crippen LogP contribution in [0, 0.1) is 11.6 Å². The Bertz CT molecular complexity index is 474. The predicted octanol–water partition coefficient (Wildman–Crippen LogP) is 1.68. The summed E-state index contributed by atoms with van der Waals surface area (Å²) in [5.41, 5.74) is -0.295. The summed E-state index contributed by atoms with van der Waals surface area (Å²) in [5, 5.41) is 3.10. The lowest BCUT2D eigenvalue weighted by molar-refractivity contribution is -0.140. The molecule has 0 radical (unpaired) electrons. The van der Waals surface area contributed by atoms with Crippen LogP contribution >= 0.6 is 0 Å². The fourth-order valence-electron chi connectivity index (χ4n) is 2.08. The molecule has 98 valence electrons. The van der Waals surface area contributed by atoms with E-state index in [1.165, 1.54) is 12.1 Å². The van der Waals surface area contributed by atoms with Crippen molar-refractivity contribution in [3.63, 3.8) is 0 Å². The smallest absolute Gasteiger partial charge is 0.242 e. The van der Waals surface area contributed by atoms with Gasteiger partial charge in [0.1, 0.15) is 11.6 Å². The maximum Gasteiger partial charge on any atom is 0.242 e. The van der Waals surface area contributed by atoms with Gasteiger partial charge in [-0.05, 0) is 19.9 Å². The van der Waals surface area contributed by atoms with Crippen molar-refractivity contribution in [3.05, 3.63) is 35.4 Å². The Morgan fingerprint density at radius 3 is 2.78 bits per heavy atom. The van der Waals surface area contributed by atoms with E-state index in [1.807, 2.05) is 0 Å². The zero-order valence-corrected chi connectivity index (χ0v) is 10.5. The molecule has 1 aromatic carbocycles. The zero-order valence-electron chi connectivity index (χ0n) is 10.5. The van der Waals surface area contributed by atoms with Crippen LogP contribution in [0.5, 0.6) is 0 Å². The third-order valence-electron chi connectivity index (χ3n) is 3.15. The summed E-state index contributed by atoms with van der Waals surface area (Å²) in [6.07, 6.45) is 0. The molecule has 1 aliphatic heterocycles. The van der Waals surface area contributed by atoms with Crippen molar-refractivity contribution in [2.45, 2.75) is 25.9 Å². The summed E-state index contributed by atoms with van der Waals surface area (Å²) in [4.78, 5) is 13.7. The van der Waals surface area contributed by atoms with Crippen LogP contribution < -0.4 is 5.32 Å². The fraction of sp³-hybridized carbons (Fsp3) is 0.462. The SMILES string of the molecule is CC1(C)NCCN(Cc2ccc(F)cc2F)C1=O. The highest BCUT2D eigenvalue weighted by molar-refractivity contribution is 5.86. The van der Waals surface area contributed by atoms with E-state index < -0.39 is 17.2 Å². The number of hydrogen-bond acceptors (Lipinski definition) is 2. The van der Waals surface area contributed by atoms with E-state index in [9.17, 15) is 13.6 Å². The Kier molecular flexibility index (Phi) is 3.34. The highest BCUT2D eigenvalue weighted by Crippen LogP contribution is 2.17. The molecule has 5 heteroatoms. The highest BCUT2D eigenvalue weighted by Gasteiger charge is 2.35. The topological polar surface area (TPSA) is 32.3 Å². The average Bonchev–Trinajstić information content (AvgIpc) is 2.28. The van der Waals surface area contributed by atoms with Gasteiger partial charge in [0, 0.05) is 31.3 Å². The van der Waals surface area contributed by atoms with Gasteiger partial charge in [-0.25, -0.2) is 8.78 Å². The minimum Gasteiger partial charge on any atom is -0.335 e. The van der Waals surface area contributed by atoms with Gasteiger partial charge in [-0.2, -0.15) is 0 Å². The van der Waals surface area contributed by atoms with Gasteiger partial charge in [0.2, 0.25) is 5.91 Å². The molecule has 0 atom stereocenters. The summed E-state index contributed by atoms with van der Waals surface area (Å²) < 4.78 is 26.3. The predicted molar refractivity (Wildman–Crippen MR) is 63.9 cm³/mol.